The van der Waals surface area contributed by atoms with E-state index in [1.807, 2.05) is 24.3 Å². The summed E-state index contributed by atoms with van der Waals surface area (Å²) in [6.07, 6.45) is -0.103. The lowest BCUT2D eigenvalue weighted by atomic mass is 9.97. The highest BCUT2D eigenvalue weighted by Crippen LogP contribution is 2.43. The Morgan fingerprint density at radius 2 is 2.05 bits per heavy atom. The maximum absolute atomic E-state index is 14.1. The van der Waals surface area contributed by atoms with Crippen molar-refractivity contribution in [1.29, 1.82) is 0 Å². The van der Waals surface area contributed by atoms with Crippen LogP contribution in [0.3, 0.4) is 0 Å². The third-order valence-corrected chi connectivity index (χ3v) is 4.20. The number of benzene rings is 2. The van der Waals surface area contributed by atoms with Crippen LogP contribution in [-0.4, -0.2) is 24.3 Å². The lowest BCUT2D eigenvalue weighted by Gasteiger charge is -2.31. The van der Waals surface area contributed by atoms with Crippen LogP contribution < -0.4 is 10.1 Å². The quantitative estimate of drug-likeness (QED) is 0.912. The molecule has 2 aromatic rings. The van der Waals surface area contributed by atoms with E-state index in [-0.39, 0.29) is 5.75 Å². The molecule has 0 fully saturated rings. The summed E-state index contributed by atoms with van der Waals surface area (Å²) >= 11 is 0. The molecule has 3 nitrogen and oxygen atoms in total. The van der Waals surface area contributed by atoms with Gasteiger partial charge in [-0.05, 0) is 36.7 Å². The highest BCUT2D eigenvalue weighted by molar-refractivity contribution is 5.41. The van der Waals surface area contributed by atoms with Crippen molar-refractivity contribution in [1.82, 2.24) is 5.32 Å². The topological polar surface area (TPSA) is 41.5 Å². The fourth-order valence-electron chi connectivity index (χ4n) is 3.18. The number of para-hydroxylation sites is 1. The molecule has 0 bridgehead atoms. The number of likely N-dealkylation sites (N-methyl/N-ethyl adjacent to an activating group) is 1. The Morgan fingerprint density at radius 3 is 2.77 bits per heavy atom. The van der Waals surface area contributed by atoms with Gasteiger partial charge < -0.3 is 15.2 Å². The second-order valence-electron chi connectivity index (χ2n) is 5.89. The highest BCUT2D eigenvalue weighted by atomic mass is 19.1. The van der Waals surface area contributed by atoms with Gasteiger partial charge in [0, 0.05) is 13.0 Å². The van der Waals surface area contributed by atoms with Crippen LogP contribution in [0, 0.1) is 12.7 Å². The molecule has 2 aromatic carbocycles. The smallest absolute Gasteiger partial charge is 0.165 e. The SMILES string of the molecule is CNC[C@@]1(O)Cc2ccccc2[C@H]1Oc1c(C)cccc1F. The third-order valence-electron chi connectivity index (χ3n) is 4.20. The number of aryl methyl sites for hydroxylation is 1. The molecule has 0 aromatic heterocycles. The highest BCUT2D eigenvalue weighted by Gasteiger charge is 2.46. The van der Waals surface area contributed by atoms with Gasteiger partial charge in [0.25, 0.3) is 0 Å². The maximum atomic E-state index is 14.1. The van der Waals surface area contributed by atoms with E-state index in [2.05, 4.69) is 5.32 Å². The summed E-state index contributed by atoms with van der Waals surface area (Å²) in [5, 5.41) is 14.0. The number of nitrogens with one attached hydrogen (secondary N) is 1. The number of ether oxygens (including phenoxy) is 1. The molecule has 1 aliphatic rings. The van der Waals surface area contributed by atoms with Gasteiger partial charge in [-0.25, -0.2) is 4.39 Å². The zero-order chi connectivity index (χ0) is 15.7. The molecule has 0 radical (unpaired) electrons. The monoisotopic (exact) mass is 301 g/mol. The predicted molar refractivity (Wildman–Crippen MR) is 83.5 cm³/mol. The van der Waals surface area contributed by atoms with Crippen LogP contribution >= 0.6 is 0 Å². The summed E-state index contributed by atoms with van der Waals surface area (Å²) in [4.78, 5) is 0. The van der Waals surface area contributed by atoms with Crippen LogP contribution in [0.1, 0.15) is 22.8 Å². The molecule has 4 heteroatoms. The molecule has 0 aliphatic heterocycles. The lowest BCUT2D eigenvalue weighted by molar-refractivity contribution is -0.0499. The van der Waals surface area contributed by atoms with Crippen LogP contribution in [-0.2, 0) is 6.42 Å². The molecule has 0 saturated heterocycles. The first-order valence-corrected chi connectivity index (χ1v) is 7.42. The largest absolute Gasteiger partial charge is 0.479 e. The summed E-state index contributed by atoms with van der Waals surface area (Å²) in [6, 6.07) is 12.6. The third kappa shape index (κ3) is 2.49. The molecule has 2 N–H and O–H groups in total. The molecule has 0 unspecified atom stereocenters. The van der Waals surface area contributed by atoms with E-state index in [1.165, 1.54) is 6.07 Å². The van der Waals surface area contributed by atoms with Gasteiger partial charge in [0.15, 0.2) is 17.7 Å². The second kappa shape index (κ2) is 5.71. The van der Waals surface area contributed by atoms with Crippen molar-refractivity contribution < 1.29 is 14.2 Å². The van der Waals surface area contributed by atoms with Crippen LogP contribution in [0.25, 0.3) is 0 Å². The second-order valence-corrected chi connectivity index (χ2v) is 5.89. The van der Waals surface area contributed by atoms with E-state index in [9.17, 15) is 9.50 Å². The van der Waals surface area contributed by atoms with Gasteiger partial charge in [-0.3, -0.25) is 0 Å². The molecule has 0 saturated carbocycles. The number of rotatable bonds is 4. The van der Waals surface area contributed by atoms with E-state index in [4.69, 9.17) is 4.74 Å². The van der Waals surface area contributed by atoms with Crippen LogP contribution in [0.5, 0.6) is 5.75 Å². The first-order valence-electron chi connectivity index (χ1n) is 7.42. The van der Waals surface area contributed by atoms with Crippen molar-refractivity contribution in [3.63, 3.8) is 0 Å². The predicted octanol–water partition coefficient (Wildman–Crippen LogP) is 2.76. The standard InChI is InChI=1S/C18H20FNO2/c1-12-6-5-9-15(19)16(12)22-17-14-8-4-3-7-13(14)10-18(17,21)11-20-2/h3-9,17,20-21H,10-11H2,1-2H3/t17-,18+/m1/s1. The Hall–Kier alpha value is -1.91. The van der Waals surface area contributed by atoms with E-state index in [0.717, 1.165) is 16.7 Å². The van der Waals surface area contributed by atoms with Crippen LogP contribution in [0.2, 0.25) is 0 Å². The van der Waals surface area contributed by atoms with Gasteiger partial charge in [-0.2, -0.15) is 0 Å². The minimum absolute atomic E-state index is 0.207. The molecule has 116 valence electrons. The first-order chi connectivity index (χ1) is 10.5. The average Bonchev–Trinajstić information content (AvgIpc) is 2.75. The molecule has 1 aliphatic carbocycles. The molecule has 0 heterocycles. The number of hydrogen-bond acceptors (Lipinski definition) is 3. The van der Waals surface area contributed by atoms with Crippen molar-refractivity contribution in [3.8, 4) is 5.75 Å². The van der Waals surface area contributed by atoms with E-state index in [0.29, 0.717) is 13.0 Å². The Bertz CT molecular complexity index is 668. The fourth-order valence-corrected chi connectivity index (χ4v) is 3.18. The molecular weight excluding hydrogens is 281 g/mol. The molecule has 0 spiro atoms. The van der Waals surface area contributed by atoms with Gasteiger partial charge >= 0.3 is 0 Å². The molecule has 2 atom stereocenters. The number of halogens is 1. The van der Waals surface area contributed by atoms with Crippen molar-refractivity contribution in [2.45, 2.75) is 25.0 Å². The van der Waals surface area contributed by atoms with Gasteiger partial charge in [-0.15, -0.1) is 0 Å². The number of hydrogen-bond donors (Lipinski definition) is 2. The maximum Gasteiger partial charge on any atom is 0.165 e. The summed E-state index contributed by atoms with van der Waals surface area (Å²) < 4.78 is 20.1. The summed E-state index contributed by atoms with van der Waals surface area (Å²) in [6.45, 7) is 2.18. The van der Waals surface area contributed by atoms with E-state index < -0.39 is 17.5 Å². The Kier molecular flexibility index (Phi) is 3.89. The van der Waals surface area contributed by atoms with Crippen molar-refractivity contribution in [2.75, 3.05) is 13.6 Å². The minimum Gasteiger partial charge on any atom is -0.479 e. The van der Waals surface area contributed by atoms with E-state index in [1.54, 1.807) is 26.1 Å². The molecule has 22 heavy (non-hydrogen) atoms. The first kappa shape index (κ1) is 15.0. The van der Waals surface area contributed by atoms with Gasteiger partial charge in [0.1, 0.15) is 5.60 Å². The van der Waals surface area contributed by atoms with E-state index >= 15 is 0 Å². The van der Waals surface area contributed by atoms with Gasteiger partial charge in [0.2, 0.25) is 0 Å². The van der Waals surface area contributed by atoms with Gasteiger partial charge in [0.05, 0.1) is 0 Å². The van der Waals surface area contributed by atoms with Crippen LogP contribution in [0.4, 0.5) is 4.39 Å². The fraction of sp³-hybridized carbons (Fsp3) is 0.333. The Labute approximate surface area is 129 Å². The summed E-state index contributed by atoms with van der Waals surface area (Å²) in [5.41, 5.74) is 1.59. The average molecular weight is 301 g/mol. The van der Waals surface area contributed by atoms with Crippen molar-refractivity contribution in [2.24, 2.45) is 0 Å². The summed E-state index contributed by atoms with van der Waals surface area (Å²) in [5.74, 6) is -0.199. The normalized spacial score (nSPS) is 23.4. The molecule has 3 rings (SSSR count). The van der Waals surface area contributed by atoms with Gasteiger partial charge in [-0.1, -0.05) is 36.4 Å². The summed E-state index contributed by atoms with van der Waals surface area (Å²) in [7, 11) is 1.78. The minimum atomic E-state index is -1.09. The number of fused-ring (bicyclic) bond motifs is 1. The molecule has 0 amide bonds. The molecular formula is C18H20FNO2. The zero-order valence-electron chi connectivity index (χ0n) is 12.8. The van der Waals surface area contributed by atoms with Crippen molar-refractivity contribution in [3.05, 3.63) is 65.0 Å². The number of aliphatic hydroxyl groups is 1. The Balaban J connectivity index is 2.02. The van der Waals surface area contributed by atoms with Crippen molar-refractivity contribution >= 4 is 0 Å². The Morgan fingerprint density at radius 1 is 1.27 bits per heavy atom. The zero-order valence-corrected chi connectivity index (χ0v) is 12.8. The lowest BCUT2D eigenvalue weighted by Crippen LogP contribution is -2.45. The van der Waals surface area contributed by atoms with Crippen LogP contribution in [0.15, 0.2) is 42.5 Å².